The summed E-state index contributed by atoms with van der Waals surface area (Å²) in [4.78, 5) is 2.80. The normalized spacial score (nSPS) is 19.8. The van der Waals surface area contributed by atoms with Gasteiger partial charge in [0.1, 0.15) is 0 Å². The van der Waals surface area contributed by atoms with Crippen LogP contribution in [-0.4, -0.2) is 24.0 Å². The van der Waals surface area contributed by atoms with Crippen LogP contribution in [0.2, 0.25) is 0 Å². The molecular formula is C19H39N. The van der Waals surface area contributed by atoms with Gasteiger partial charge in [0.15, 0.2) is 0 Å². The van der Waals surface area contributed by atoms with Crippen molar-refractivity contribution in [2.24, 2.45) is 0 Å². The van der Waals surface area contributed by atoms with Gasteiger partial charge < -0.3 is 4.90 Å². The molecule has 1 fully saturated rings. The highest BCUT2D eigenvalue weighted by molar-refractivity contribution is 4.78. The third kappa shape index (κ3) is 8.29. The molecule has 0 aromatic heterocycles. The summed E-state index contributed by atoms with van der Waals surface area (Å²) in [6.45, 7) is 7.37. The summed E-state index contributed by atoms with van der Waals surface area (Å²) in [6.07, 6.45) is 20.2. The van der Waals surface area contributed by atoms with E-state index in [1.165, 1.54) is 103 Å². The Kier molecular flexibility index (Phi) is 11.4. The van der Waals surface area contributed by atoms with E-state index in [0.29, 0.717) is 0 Å². The summed E-state index contributed by atoms with van der Waals surface area (Å²) < 4.78 is 0. The first-order valence-electron chi connectivity index (χ1n) is 9.62. The lowest BCUT2D eigenvalue weighted by Crippen LogP contribution is -2.30. The molecular weight excluding hydrogens is 242 g/mol. The van der Waals surface area contributed by atoms with Crippen molar-refractivity contribution >= 4 is 0 Å². The molecule has 1 heteroatoms. The maximum atomic E-state index is 2.80. The van der Waals surface area contributed by atoms with E-state index < -0.39 is 0 Å². The van der Waals surface area contributed by atoms with E-state index in [-0.39, 0.29) is 0 Å². The highest BCUT2D eigenvalue weighted by Gasteiger charge is 2.22. The molecule has 0 radical (unpaired) electrons. The highest BCUT2D eigenvalue weighted by Crippen LogP contribution is 2.23. The van der Waals surface area contributed by atoms with Gasteiger partial charge in [-0.1, -0.05) is 78.1 Å². The van der Waals surface area contributed by atoms with Crippen molar-refractivity contribution in [3.05, 3.63) is 0 Å². The molecule has 0 amide bonds. The number of hydrogen-bond donors (Lipinski definition) is 0. The standard InChI is InChI=1S/C19H39N/c1-3-5-7-9-10-12-15-19-16-14-18-20(19)17-13-11-8-6-4-2/h19H,3-18H2,1-2H3/t19-/m0/s1. The Morgan fingerprint density at radius 1 is 0.750 bits per heavy atom. The third-order valence-corrected chi connectivity index (χ3v) is 4.94. The minimum atomic E-state index is 0.937. The topological polar surface area (TPSA) is 3.24 Å². The van der Waals surface area contributed by atoms with E-state index in [2.05, 4.69) is 18.7 Å². The van der Waals surface area contributed by atoms with Crippen LogP contribution in [-0.2, 0) is 0 Å². The Morgan fingerprint density at radius 2 is 1.35 bits per heavy atom. The van der Waals surface area contributed by atoms with E-state index in [1.54, 1.807) is 0 Å². The lowest BCUT2D eigenvalue weighted by Gasteiger charge is -2.24. The van der Waals surface area contributed by atoms with Crippen molar-refractivity contribution in [2.75, 3.05) is 13.1 Å². The second-order valence-corrected chi connectivity index (χ2v) is 6.80. The summed E-state index contributed by atoms with van der Waals surface area (Å²) >= 11 is 0. The molecule has 0 aromatic rings. The monoisotopic (exact) mass is 281 g/mol. The van der Waals surface area contributed by atoms with Crippen LogP contribution in [0.25, 0.3) is 0 Å². The molecule has 120 valence electrons. The first-order valence-corrected chi connectivity index (χ1v) is 9.62. The lowest BCUT2D eigenvalue weighted by molar-refractivity contribution is 0.233. The second-order valence-electron chi connectivity index (χ2n) is 6.80. The Balaban J connectivity index is 1.99. The minimum absolute atomic E-state index is 0.937. The smallest absolute Gasteiger partial charge is 0.00957 e. The molecule has 1 nitrogen and oxygen atoms in total. The maximum Gasteiger partial charge on any atom is 0.00957 e. The Labute approximate surface area is 128 Å². The molecule has 1 rings (SSSR count). The largest absolute Gasteiger partial charge is 0.300 e. The number of unbranched alkanes of at least 4 members (excludes halogenated alkanes) is 9. The van der Waals surface area contributed by atoms with Crippen LogP contribution < -0.4 is 0 Å². The zero-order chi connectivity index (χ0) is 14.5. The summed E-state index contributed by atoms with van der Waals surface area (Å²) in [6, 6.07) is 0.937. The molecule has 20 heavy (non-hydrogen) atoms. The zero-order valence-corrected chi connectivity index (χ0v) is 14.3. The molecule has 0 aliphatic carbocycles. The van der Waals surface area contributed by atoms with Crippen molar-refractivity contribution in [3.8, 4) is 0 Å². The fourth-order valence-electron chi connectivity index (χ4n) is 3.60. The third-order valence-electron chi connectivity index (χ3n) is 4.94. The Hall–Kier alpha value is -0.0400. The van der Waals surface area contributed by atoms with Crippen LogP contribution in [0.1, 0.15) is 104 Å². The van der Waals surface area contributed by atoms with Crippen LogP contribution in [0.4, 0.5) is 0 Å². The van der Waals surface area contributed by atoms with Gasteiger partial charge in [-0.25, -0.2) is 0 Å². The Bertz CT molecular complexity index is 202. The first kappa shape index (κ1) is 18.0. The number of nitrogens with zero attached hydrogens (tertiary/aromatic N) is 1. The summed E-state index contributed by atoms with van der Waals surface area (Å²) in [5, 5.41) is 0. The highest BCUT2D eigenvalue weighted by atomic mass is 15.2. The van der Waals surface area contributed by atoms with Gasteiger partial charge in [0.2, 0.25) is 0 Å². The lowest BCUT2D eigenvalue weighted by atomic mass is 10.0. The molecule has 1 heterocycles. The molecule has 1 aliphatic rings. The molecule has 0 spiro atoms. The first-order chi connectivity index (χ1) is 9.88. The maximum absolute atomic E-state index is 2.80. The van der Waals surface area contributed by atoms with Crippen LogP contribution in [0, 0.1) is 0 Å². The number of hydrogen-bond acceptors (Lipinski definition) is 1. The summed E-state index contributed by atoms with van der Waals surface area (Å²) in [7, 11) is 0. The predicted molar refractivity (Wildman–Crippen MR) is 91.3 cm³/mol. The van der Waals surface area contributed by atoms with E-state index in [0.717, 1.165) is 6.04 Å². The molecule has 0 bridgehead atoms. The molecule has 1 saturated heterocycles. The van der Waals surface area contributed by atoms with Crippen LogP contribution in [0.5, 0.6) is 0 Å². The van der Waals surface area contributed by atoms with E-state index >= 15 is 0 Å². The fourth-order valence-corrected chi connectivity index (χ4v) is 3.60. The molecule has 1 aliphatic heterocycles. The van der Waals surface area contributed by atoms with E-state index in [4.69, 9.17) is 0 Å². The molecule has 0 unspecified atom stereocenters. The zero-order valence-electron chi connectivity index (χ0n) is 14.3. The molecule has 0 N–H and O–H groups in total. The molecule has 0 aromatic carbocycles. The Morgan fingerprint density at radius 3 is 2.05 bits per heavy atom. The minimum Gasteiger partial charge on any atom is -0.300 e. The van der Waals surface area contributed by atoms with Crippen molar-refractivity contribution < 1.29 is 0 Å². The van der Waals surface area contributed by atoms with E-state index in [9.17, 15) is 0 Å². The van der Waals surface area contributed by atoms with E-state index in [1.807, 2.05) is 0 Å². The predicted octanol–water partition coefficient (Wildman–Crippen LogP) is 6.17. The average Bonchev–Trinajstić information content (AvgIpc) is 2.90. The van der Waals surface area contributed by atoms with Gasteiger partial charge in [-0.05, 0) is 38.8 Å². The van der Waals surface area contributed by atoms with Gasteiger partial charge in [0.05, 0.1) is 0 Å². The van der Waals surface area contributed by atoms with Crippen molar-refractivity contribution in [1.29, 1.82) is 0 Å². The van der Waals surface area contributed by atoms with Gasteiger partial charge >= 0.3 is 0 Å². The van der Waals surface area contributed by atoms with Gasteiger partial charge in [-0.2, -0.15) is 0 Å². The number of likely N-dealkylation sites (tertiary alicyclic amines) is 1. The van der Waals surface area contributed by atoms with Crippen molar-refractivity contribution in [2.45, 2.75) is 110 Å². The molecule has 1 atom stereocenters. The van der Waals surface area contributed by atoms with Gasteiger partial charge in [-0.3, -0.25) is 0 Å². The van der Waals surface area contributed by atoms with Crippen LogP contribution in [0.3, 0.4) is 0 Å². The SMILES string of the molecule is CCCCCCCC[C@H]1CCCN1CCCCCCC. The summed E-state index contributed by atoms with van der Waals surface area (Å²) in [5.41, 5.74) is 0. The van der Waals surface area contributed by atoms with Gasteiger partial charge in [-0.15, -0.1) is 0 Å². The fraction of sp³-hybridized carbons (Fsp3) is 1.00. The van der Waals surface area contributed by atoms with Crippen molar-refractivity contribution in [3.63, 3.8) is 0 Å². The van der Waals surface area contributed by atoms with Crippen molar-refractivity contribution in [1.82, 2.24) is 4.90 Å². The second kappa shape index (κ2) is 12.7. The van der Waals surface area contributed by atoms with Crippen LogP contribution in [0.15, 0.2) is 0 Å². The van der Waals surface area contributed by atoms with Gasteiger partial charge in [0.25, 0.3) is 0 Å². The summed E-state index contributed by atoms with van der Waals surface area (Å²) in [5.74, 6) is 0. The average molecular weight is 282 g/mol. The van der Waals surface area contributed by atoms with Crippen LogP contribution >= 0.6 is 0 Å². The number of rotatable bonds is 13. The quantitative estimate of drug-likeness (QED) is 0.365. The van der Waals surface area contributed by atoms with Gasteiger partial charge in [0, 0.05) is 6.04 Å². The molecule has 0 saturated carbocycles.